The van der Waals surface area contributed by atoms with Crippen molar-refractivity contribution < 1.29 is 4.74 Å². The van der Waals surface area contributed by atoms with E-state index in [1.165, 1.54) is 25.7 Å². The van der Waals surface area contributed by atoms with Crippen LogP contribution in [0.5, 0.6) is 0 Å². The number of allylic oxidation sites excluding steroid dienone is 1. The molecule has 2 heteroatoms. The highest BCUT2D eigenvalue weighted by molar-refractivity contribution is 4.94. The molecule has 0 spiro atoms. The zero-order valence-electron chi connectivity index (χ0n) is 10.0. The molecule has 1 atom stereocenters. The van der Waals surface area contributed by atoms with Crippen molar-refractivity contribution in [3.63, 3.8) is 0 Å². The van der Waals surface area contributed by atoms with Gasteiger partial charge in [0, 0.05) is 7.11 Å². The van der Waals surface area contributed by atoms with E-state index >= 15 is 0 Å². The number of ether oxygens (including phenoxy) is 1. The summed E-state index contributed by atoms with van der Waals surface area (Å²) in [4.78, 5) is 0. The van der Waals surface area contributed by atoms with Gasteiger partial charge in [0.05, 0.1) is 0 Å². The molecule has 15 heavy (non-hydrogen) atoms. The SMILES string of the molecule is C=C=CCC1(CCNC(C)OC)CCC1. The second-order valence-electron chi connectivity index (χ2n) is 4.55. The number of methoxy groups -OCH3 is 1. The highest BCUT2D eigenvalue weighted by atomic mass is 16.5. The largest absolute Gasteiger partial charge is 0.367 e. The van der Waals surface area contributed by atoms with Crippen molar-refractivity contribution in [3.05, 3.63) is 18.4 Å². The first kappa shape index (κ1) is 12.5. The Labute approximate surface area is 93.4 Å². The van der Waals surface area contributed by atoms with Crippen LogP contribution in [-0.2, 0) is 4.74 Å². The molecule has 1 fully saturated rings. The maximum Gasteiger partial charge on any atom is 0.104 e. The van der Waals surface area contributed by atoms with E-state index in [0.717, 1.165) is 13.0 Å². The van der Waals surface area contributed by atoms with E-state index < -0.39 is 0 Å². The summed E-state index contributed by atoms with van der Waals surface area (Å²) in [7, 11) is 1.73. The Morgan fingerprint density at radius 1 is 1.60 bits per heavy atom. The van der Waals surface area contributed by atoms with E-state index in [1.807, 2.05) is 6.92 Å². The fourth-order valence-corrected chi connectivity index (χ4v) is 2.15. The zero-order chi connectivity index (χ0) is 11.1. The molecule has 0 aliphatic heterocycles. The average molecular weight is 209 g/mol. The van der Waals surface area contributed by atoms with Crippen LogP contribution in [0.3, 0.4) is 0 Å². The lowest BCUT2D eigenvalue weighted by molar-refractivity contribution is 0.0729. The quantitative estimate of drug-likeness (QED) is 0.514. The van der Waals surface area contributed by atoms with E-state index in [0.29, 0.717) is 5.41 Å². The molecular formula is C13H23NO. The van der Waals surface area contributed by atoms with Gasteiger partial charge < -0.3 is 4.74 Å². The van der Waals surface area contributed by atoms with Crippen LogP contribution in [0.25, 0.3) is 0 Å². The Bertz CT molecular complexity index is 227. The summed E-state index contributed by atoms with van der Waals surface area (Å²) in [6.07, 6.45) is 8.71. The molecule has 2 nitrogen and oxygen atoms in total. The van der Waals surface area contributed by atoms with E-state index in [2.05, 4.69) is 23.7 Å². The van der Waals surface area contributed by atoms with E-state index in [1.54, 1.807) is 7.11 Å². The third-order valence-corrected chi connectivity index (χ3v) is 3.53. The van der Waals surface area contributed by atoms with Gasteiger partial charge >= 0.3 is 0 Å². The lowest BCUT2D eigenvalue weighted by Gasteiger charge is -2.41. The summed E-state index contributed by atoms with van der Waals surface area (Å²) in [5.74, 6) is 0. The molecular weight excluding hydrogens is 186 g/mol. The van der Waals surface area contributed by atoms with Crippen molar-refractivity contribution >= 4 is 0 Å². The highest BCUT2D eigenvalue weighted by Gasteiger charge is 2.34. The molecule has 1 saturated carbocycles. The molecule has 1 aliphatic rings. The Morgan fingerprint density at radius 3 is 2.80 bits per heavy atom. The molecule has 0 heterocycles. The van der Waals surface area contributed by atoms with Crippen molar-refractivity contribution in [2.45, 2.75) is 45.3 Å². The summed E-state index contributed by atoms with van der Waals surface area (Å²) < 4.78 is 5.16. The molecule has 1 rings (SSSR count). The van der Waals surface area contributed by atoms with E-state index in [-0.39, 0.29) is 6.23 Å². The van der Waals surface area contributed by atoms with Gasteiger partial charge in [0.1, 0.15) is 6.23 Å². The molecule has 0 saturated heterocycles. The van der Waals surface area contributed by atoms with Gasteiger partial charge in [-0.2, -0.15) is 0 Å². The normalized spacial score (nSPS) is 20.1. The second kappa shape index (κ2) is 6.12. The summed E-state index contributed by atoms with van der Waals surface area (Å²) in [5.41, 5.74) is 3.41. The van der Waals surface area contributed by atoms with Crippen molar-refractivity contribution in [2.24, 2.45) is 5.41 Å². The summed E-state index contributed by atoms with van der Waals surface area (Å²) in [6.45, 7) is 6.71. The zero-order valence-corrected chi connectivity index (χ0v) is 10.0. The number of hydrogen-bond donors (Lipinski definition) is 1. The minimum Gasteiger partial charge on any atom is -0.367 e. The lowest BCUT2D eigenvalue weighted by Crippen LogP contribution is -2.36. The van der Waals surface area contributed by atoms with Gasteiger partial charge in [0.15, 0.2) is 0 Å². The molecule has 0 radical (unpaired) electrons. The molecule has 1 N–H and O–H groups in total. The van der Waals surface area contributed by atoms with Gasteiger partial charge in [-0.3, -0.25) is 5.32 Å². The molecule has 0 bridgehead atoms. The molecule has 0 aromatic carbocycles. The van der Waals surface area contributed by atoms with Crippen LogP contribution in [-0.4, -0.2) is 19.9 Å². The number of rotatable bonds is 7. The van der Waals surface area contributed by atoms with Gasteiger partial charge in [-0.25, -0.2) is 0 Å². The van der Waals surface area contributed by atoms with Crippen molar-refractivity contribution in [1.29, 1.82) is 0 Å². The predicted octanol–water partition coefficient (Wildman–Crippen LogP) is 2.86. The third-order valence-electron chi connectivity index (χ3n) is 3.53. The highest BCUT2D eigenvalue weighted by Crippen LogP contribution is 2.46. The van der Waals surface area contributed by atoms with Crippen molar-refractivity contribution in [3.8, 4) is 0 Å². The van der Waals surface area contributed by atoms with Gasteiger partial charge in [-0.05, 0) is 50.6 Å². The minimum absolute atomic E-state index is 0.164. The first-order chi connectivity index (χ1) is 7.22. The van der Waals surface area contributed by atoms with Gasteiger partial charge in [0.2, 0.25) is 0 Å². The molecule has 0 amide bonds. The van der Waals surface area contributed by atoms with Crippen LogP contribution >= 0.6 is 0 Å². The average Bonchev–Trinajstić information content (AvgIpc) is 2.20. The first-order valence-electron chi connectivity index (χ1n) is 5.83. The van der Waals surface area contributed by atoms with Crippen LogP contribution in [0, 0.1) is 5.41 Å². The topological polar surface area (TPSA) is 21.3 Å². The Morgan fingerprint density at radius 2 is 2.33 bits per heavy atom. The fraction of sp³-hybridized carbons (Fsp3) is 0.769. The summed E-state index contributed by atoms with van der Waals surface area (Å²) in [5, 5.41) is 3.36. The number of hydrogen-bond acceptors (Lipinski definition) is 2. The van der Waals surface area contributed by atoms with E-state index in [4.69, 9.17) is 4.74 Å². The first-order valence-corrected chi connectivity index (χ1v) is 5.83. The molecule has 1 aliphatic carbocycles. The van der Waals surface area contributed by atoms with Gasteiger partial charge in [0.25, 0.3) is 0 Å². The maximum absolute atomic E-state index is 5.16. The van der Waals surface area contributed by atoms with Crippen LogP contribution in [0.2, 0.25) is 0 Å². The summed E-state index contributed by atoms with van der Waals surface area (Å²) >= 11 is 0. The van der Waals surface area contributed by atoms with Gasteiger partial charge in [-0.15, -0.1) is 5.73 Å². The predicted molar refractivity (Wildman–Crippen MR) is 63.7 cm³/mol. The second-order valence-corrected chi connectivity index (χ2v) is 4.55. The van der Waals surface area contributed by atoms with Gasteiger partial charge in [-0.1, -0.05) is 13.0 Å². The van der Waals surface area contributed by atoms with Crippen molar-refractivity contribution in [2.75, 3.05) is 13.7 Å². The van der Waals surface area contributed by atoms with E-state index in [9.17, 15) is 0 Å². The van der Waals surface area contributed by atoms with Crippen LogP contribution < -0.4 is 5.32 Å². The fourth-order valence-electron chi connectivity index (χ4n) is 2.15. The summed E-state index contributed by atoms with van der Waals surface area (Å²) in [6, 6.07) is 0. The molecule has 0 aromatic heterocycles. The van der Waals surface area contributed by atoms with Crippen molar-refractivity contribution in [1.82, 2.24) is 5.32 Å². The lowest BCUT2D eigenvalue weighted by atomic mass is 9.64. The van der Waals surface area contributed by atoms with Crippen LogP contribution in [0.1, 0.15) is 39.0 Å². The number of nitrogens with one attached hydrogen (secondary N) is 1. The van der Waals surface area contributed by atoms with Crippen LogP contribution in [0.15, 0.2) is 18.4 Å². The van der Waals surface area contributed by atoms with Crippen LogP contribution in [0.4, 0.5) is 0 Å². The molecule has 1 unspecified atom stereocenters. The molecule has 86 valence electrons. The maximum atomic E-state index is 5.16. The monoisotopic (exact) mass is 209 g/mol. The minimum atomic E-state index is 0.164. The Hall–Kier alpha value is -0.560. The Kier molecular flexibility index (Phi) is 5.10. The Balaban J connectivity index is 2.24. The molecule has 0 aromatic rings. The standard InChI is InChI=1S/C13H23NO/c1-4-5-7-13(8-6-9-13)10-11-14-12(2)15-3/h5,12,14H,1,6-11H2,2-3H3. The third kappa shape index (κ3) is 3.83. The smallest absolute Gasteiger partial charge is 0.104 e.